The summed E-state index contributed by atoms with van der Waals surface area (Å²) < 4.78 is 2.60. The van der Waals surface area contributed by atoms with Crippen molar-refractivity contribution in [3.63, 3.8) is 0 Å². The maximum Gasteiger partial charge on any atom is 0.0239 e. The molecule has 0 saturated carbocycles. The maximum atomic E-state index is 4.39. The van der Waals surface area contributed by atoms with Crippen molar-refractivity contribution < 1.29 is 20.1 Å². The Morgan fingerprint density at radius 1 is 0.900 bits per heavy atom. The summed E-state index contributed by atoms with van der Waals surface area (Å²) in [5, 5.41) is 2.61. The predicted octanol–water partition coefficient (Wildman–Crippen LogP) is 4.91. The van der Waals surface area contributed by atoms with Crippen LogP contribution < -0.4 is 0 Å². The van der Waals surface area contributed by atoms with E-state index in [-0.39, 0.29) is 20.1 Å². The fourth-order valence-electron chi connectivity index (χ4n) is 2.34. The van der Waals surface area contributed by atoms with E-state index in [9.17, 15) is 0 Å². The zero-order valence-electron chi connectivity index (χ0n) is 10.5. The normalized spacial score (nSPS) is 10.6. The van der Waals surface area contributed by atoms with Gasteiger partial charge in [0, 0.05) is 31.0 Å². The van der Waals surface area contributed by atoms with Gasteiger partial charge in [-0.05, 0) is 27.9 Å². The van der Waals surface area contributed by atoms with E-state index in [1.54, 1.807) is 0 Å². The molecule has 0 N–H and O–H groups in total. The zero-order chi connectivity index (χ0) is 12.7. The van der Waals surface area contributed by atoms with Crippen LogP contribution in [-0.4, -0.2) is 4.98 Å². The number of fused-ring (bicyclic) bond motifs is 3. The minimum Gasteiger partial charge on any atom is -0.305 e. The van der Waals surface area contributed by atoms with Crippen molar-refractivity contribution in [3.05, 3.63) is 66.9 Å². The summed E-state index contributed by atoms with van der Waals surface area (Å²) in [6.45, 7) is 0. The van der Waals surface area contributed by atoms with Gasteiger partial charge in [-0.15, -0.1) is 23.8 Å². The van der Waals surface area contributed by atoms with E-state index in [1.807, 2.05) is 35.7 Å². The van der Waals surface area contributed by atoms with Crippen molar-refractivity contribution in [2.45, 2.75) is 0 Å². The van der Waals surface area contributed by atoms with E-state index in [0.717, 1.165) is 11.3 Å². The van der Waals surface area contributed by atoms with Crippen LogP contribution in [0.15, 0.2) is 60.8 Å². The van der Waals surface area contributed by atoms with Crippen molar-refractivity contribution in [2.24, 2.45) is 0 Å². The van der Waals surface area contributed by atoms with Crippen LogP contribution in [0.25, 0.3) is 31.4 Å². The SMILES string of the molecule is [Ir].[c-]1cc2sc3ccccc3c2cc1-c1ccccn1. The standard InChI is InChI=1S/C17H10NS.Ir/c1-2-7-16-13(5-1)14-11-12(8-9-17(14)19-16)15-6-3-4-10-18-15;/h1-7,9-11H;/q-1;. The first-order chi connectivity index (χ1) is 9.42. The van der Waals surface area contributed by atoms with Gasteiger partial charge in [0.2, 0.25) is 0 Å². The summed E-state index contributed by atoms with van der Waals surface area (Å²) >= 11 is 1.81. The Kier molecular flexibility index (Phi) is 3.66. The molecule has 0 fully saturated rings. The fraction of sp³-hybridized carbons (Fsp3) is 0. The van der Waals surface area contributed by atoms with Gasteiger partial charge in [0.1, 0.15) is 0 Å². The molecule has 20 heavy (non-hydrogen) atoms. The quantitative estimate of drug-likeness (QED) is 0.374. The zero-order valence-corrected chi connectivity index (χ0v) is 13.7. The van der Waals surface area contributed by atoms with Crippen LogP contribution in [0.4, 0.5) is 0 Å². The third-order valence-corrected chi connectivity index (χ3v) is 4.38. The predicted molar refractivity (Wildman–Crippen MR) is 81.4 cm³/mol. The van der Waals surface area contributed by atoms with Gasteiger partial charge in [-0.1, -0.05) is 35.7 Å². The van der Waals surface area contributed by atoms with E-state index in [0.29, 0.717) is 0 Å². The number of benzene rings is 2. The summed E-state index contributed by atoms with van der Waals surface area (Å²) in [6.07, 6.45) is 1.82. The topological polar surface area (TPSA) is 12.9 Å². The molecule has 2 heterocycles. The van der Waals surface area contributed by atoms with Crippen LogP contribution in [0.1, 0.15) is 0 Å². The van der Waals surface area contributed by atoms with Gasteiger partial charge >= 0.3 is 0 Å². The number of pyridine rings is 1. The smallest absolute Gasteiger partial charge is 0.0239 e. The van der Waals surface area contributed by atoms with E-state index in [2.05, 4.69) is 47.4 Å². The summed E-state index contributed by atoms with van der Waals surface area (Å²) in [5.41, 5.74) is 2.02. The van der Waals surface area contributed by atoms with Crippen molar-refractivity contribution >= 4 is 31.5 Å². The second-order valence-corrected chi connectivity index (χ2v) is 5.52. The number of hydrogen-bond acceptors (Lipinski definition) is 2. The molecule has 3 heteroatoms. The second kappa shape index (κ2) is 5.45. The van der Waals surface area contributed by atoms with Crippen LogP contribution in [0.3, 0.4) is 0 Å². The molecular weight excluding hydrogens is 442 g/mol. The van der Waals surface area contributed by atoms with Gasteiger partial charge in [-0.3, -0.25) is 0 Å². The summed E-state index contributed by atoms with van der Waals surface area (Å²) in [6, 6.07) is 22.1. The first-order valence-corrected chi connectivity index (χ1v) is 6.98. The molecule has 4 aromatic rings. The monoisotopic (exact) mass is 453 g/mol. The summed E-state index contributed by atoms with van der Waals surface area (Å²) in [5.74, 6) is 0. The maximum absolute atomic E-state index is 4.39. The second-order valence-electron chi connectivity index (χ2n) is 4.44. The molecule has 99 valence electrons. The minimum absolute atomic E-state index is 0. The van der Waals surface area contributed by atoms with Crippen molar-refractivity contribution in [1.29, 1.82) is 0 Å². The molecule has 0 amide bonds. The van der Waals surface area contributed by atoms with Gasteiger partial charge < -0.3 is 4.98 Å². The molecule has 0 atom stereocenters. The number of thiophene rings is 1. The average Bonchev–Trinajstić information content (AvgIpc) is 2.86. The van der Waals surface area contributed by atoms with Gasteiger partial charge in [-0.2, -0.15) is 11.3 Å². The molecule has 0 aliphatic heterocycles. The molecule has 0 aliphatic carbocycles. The summed E-state index contributed by atoms with van der Waals surface area (Å²) in [7, 11) is 0. The summed E-state index contributed by atoms with van der Waals surface area (Å²) in [4.78, 5) is 4.39. The number of rotatable bonds is 1. The van der Waals surface area contributed by atoms with Gasteiger partial charge in [0.15, 0.2) is 0 Å². The first kappa shape index (κ1) is 13.4. The molecule has 0 spiro atoms. The average molecular weight is 453 g/mol. The third kappa shape index (κ3) is 2.18. The van der Waals surface area contributed by atoms with E-state index in [4.69, 9.17) is 0 Å². The molecule has 2 aromatic heterocycles. The number of aromatic nitrogens is 1. The molecule has 1 radical (unpaired) electrons. The molecule has 0 aliphatic rings. The van der Waals surface area contributed by atoms with E-state index in [1.165, 1.54) is 20.2 Å². The molecule has 1 nitrogen and oxygen atoms in total. The Labute approximate surface area is 134 Å². The molecular formula is C17H10IrNS-. The first-order valence-electron chi connectivity index (χ1n) is 6.16. The molecule has 0 saturated heterocycles. The number of hydrogen-bond donors (Lipinski definition) is 0. The Morgan fingerprint density at radius 2 is 1.75 bits per heavy atom. The number of nitrogens with zero attached hydrogens (tertiary/aromatic N) is 1. The van der Waals surface area contributed by atoms with Crippen LogP contribution in [0, 0.1) is 6.07 Å². The van der Waals surface area contributed by atoms with Crippen LogP contribution in [0.5, 0.6) is 0 Å². The van der Waals surface area contributed by atoms with Crippen molar-refractivity contribution in [3.8, 4) is 11.3 Å². The molecule has 2 aromatic carbocycles. The van der Waals surface area contributed by atoms with Crippen LogP contribution in [-0.2, 0) is 20.1 Å². The Morgan fingerprint density at radius 3 is 2.60 bits per heavy atom. The molecule has 0 unspecified atom stereocenters. The van der Waals surface area contributed by atoms with Crippen LogP contribution >= 0.6 is 11.3 Å². The largest absolute Gasteiger partial charge is 0.305 e. The Hall–Kier alpha value is -1.54. The van der Waals surface area contributed by atoms with Crippen LogP contribution in [0.2, 0.25) is 0 Å². The Bertz CT molecular complexity index is 868. The van der Waals surface area contributed by atoms with Crippen molar-refractivity contribution in [1.82, 2.24) is 4.98 Å². The Balaban J connectivity index is 0.00000121. The van der Waals surface area contributed by atoms with Crippen molar-refractivity contribution in [2.75, 3.05) is 0 Å². The van der Waals surface area contributed by atoms with Gasteiger partial charge in [0.05, 0.1) is 0 Å². The fourth-order valence-corrected chi connectivity index (χ4v) is 3.41. The molecule has 0 bridgehead atoms. The van der Waals surface area contributed by atoms with Gasteiger partial charge in [-0.25, -0.2) is 0 Å². The third-order valence-electron chi connectivity index (χ3n) is 3.25. The minimum atomic E-state index is 0. The van der Waals surface area contributed by atoms with Gasteiger partial charge in [0.25, 0.3) is 0 Å². The van der Waals surface area contributed by atoms with E-state index >= 15 is 0 Å². The van der Waals surface area contributed by atoms with E-state index < -0.39 is 0 Å². The molecule has 4 rings (SSSR count).